The molecule has 1 unspecified atom stereocenters. The van der Waals surface area contributed by atoms with Crippen LogP contribution in [0.15, 0.2) is 16.8 Å². The monoisotopic (exact) mass is 167 g/mol. The average Bonchev–Trinajstić information content (AvgIpc) is 2.33. The Bertz CT molecular complexity index is 255. The summed E-state index contributed by atoms with van der Waals surface area (Å²) < 4.78 is 4.90. The fraction of sp³-hybridized carbons (Fsp3) is 0.556. The van der Waals surface area contributed by atoms with Crippen LogP contribution < -0.4 is 0 Å². The van der Waals surface area contributed by atoms with Crippen molar-refractivity contribution in [2.75, 3.05) is 6.61 Å². The summed E-state index contributed by atoms with van der Waals surface area (Å²) in [6.45, 7) is 5.87. The van der Waals surface area contributed by atoms with Gasteiger partial charge in [-0.15, -0.1) is 0 Å². The van der Waals surface area contributed by atoms with Gasteiger partial charge in [0, 0.05) is 11.9 Å². The lowest BCUT2D eigenvalue weighted by Crippen LogP contribution is -2.27. The van der Waals surface area contributed by atoms with Gasteiger partial charge in [-0.2, -0.15) is 0 Å². The summed E-state index contributed by atoms with van der Waals surface area (Å²) in [6.07, 6.45) is 3.44. The van der Waals surface area contributed by atoms with Crippen LogP contribution in [0.2, 0.25) is 0 Å². The molecule has 0 spiro atoms. The molecular weight excluding hydrogens is 154 g/mol. The molecule has 0 N–H and O–H groups in total. The summed E-state index contributed by atoms with van der Waals surface area (Å²) in [4.78, 5) is 15.4. The number of esters is 1. The predicted molar refractivity (Wildman–Crippen MR) is 47.0 cm³/mol. The number of aliphatic imine (C=N–C) groups is 1. The SMILES string of the molecule is CCOC(=O)C1(C)C=NC(C)=C1. The summed E-state index contributed by atoms with van der Waals surface area (Å²) in [5.74, 6) is -0.231. The lowest BCUT2D eigenvalue weighted by molar-refractivity contribution is -0.148. The van der Waals surface area contributed by atoms with Crippen LogP contribution >= 0.6 is 0 Å². The van der Waals surface area contributed by atoms with Gasteiger partial charge in [-0.25, -0.2) is 0 Å². The van der Waals surface area contributed by atoms with Gasteiger partial charge in [0.2, 0.25) is 0 Å². The van der Waals surface area contributed by atoms with Gasteiger partial charge in [0.1, 0.15) is 5.41 Å². The predicted octanol–water partition coefficient (Wildman–Crippen LogP) is 1.54. The number of nitrogens with zero attached hydrogens (tertiary/aromatic N) is 1. The summed E-state index contributed by atoms with van der Waals surface area (Å²) in [5, 5.41) is 0. The summed E-state index contributed by atoms with van der Waals surface area (Å²) in [6, 6.07) is 0. The fourth-order valence-corrected chi connectivity index (χ4v) is 1.14. The van der Waals surface area contributed by atoms with E-state index in [2.05, 4.69) is 4.99 Å². The molecule has 0 aliphatic carbocycles. The van der Waals surface area contributed by atoms with E-state index >= 15 is 0 Å². The molecule has 0 aromatic rings. The van der Waals surface area contributed by atoms with Crippen LogP contribution in [-0.4, -0.2) is 18.8 Å². The van der Waals surface area contributed by atoms with Gasteiger partial charge in [0.25, 0.3) is 0 Å². The Morgan fingerprint density at radius 2 is 2.42 bits per heavy atom. The highest BCUT2D eigenvalue weighted by atomic mass is 16.5. The van der Waals surface area contributed by atoms with Crippen molar-refractivity contribution in [1.29, 1.82) is 0 Å². The van der Waals surface area contributed by atoms with Crippen LogP contribution in [0.4, 0.5) is 0 Å². The molecule has 1 rings (SSSR count). The largest absolute Gasteiger partial charge is 0.465 e. The molecule has 1 aliphatic rings. The molecule has 12 heavy (non-hydrogen) atoms. The third-order valence-corrected chi connectivity index (χ3v) is 1.76. The van der Waals surface area contributed by atoms with Crippen molar-refractivity contribution in [2.45, 2.75) is 20.8 Å². The molecule has 0 bridgehead atoms. The molecule has 1 aliphatic heterocycles. The van der Waals surface area contributed by atoms with Crippen LogP contribution in [0.25, 0.3) is 0 Å². The minimum absolute atomic E-state index is 0.231. The summed E-state index contributed by atoms with van der Waals surface area (Å²) in [7, 11) is 0. The molecule has 0 radical (unpaired) electrons. The number of carbonyl (C=O) groups is 1. The van der Waals surface area contributed by atoms with E-state index < -0.39 is 5.41 Å². The minimum atomic E-state index is -0.639. The minimum Gasteiger partial charge on any atom is -0.465 e. The zero-order valence-corrected chi connectivity index (χ0v) is 7.63. The van der Waals surface area contributed by atoms with Crippen LogP contribution in [0, 0.1) is 5.41 Å². The lowest BCUT2D eigenvalue weighted by Gasteiger charge is -2.14. The molecule has 3 heteroatoms. The summed E-state index contributed by atoms with van der Waals surface area (Å²) >= 11 is 0. The molecule has 66 valence electrons. The Morgan fingerprint density at radius 1 is 1.75 bits per heavy atom. The zero-order valence-electron chi connectivity index (χ0n) is 7.63. The molecule has 1 heterocycles. The van der Waals surface area contributed by atoms with Crippen LogP contribution in [0.1, 0.15) is 20.8 Å². The Labute approximate surface area is 72.1 Å². The first kappa shape index (κ1) is 8.97. The summed E-state index contributed by atoms with van der Waals surface area (Å²) in [5.41, 5.74) is 0.227. The standard InChI is InChI=1S/C9H13NO2/c1-4-12-8(11)9(3)5-7(2)10-6-9/h5-6H,4H2,1-3H3. The van der Waals surface area contributed by atoms with Crippen LogP contribution in [-0.2, 0) is 9.53 Å². The molecule has 0 saturated carbocycles. The highest BCUT2D eigenvalue weighted by Gasteiger charge is 2.33. The zero-order chi connectivity index (χ0) is 9.19. The Hall–Kier alpha value is -1.12. The molecule has 0 aromatic carbocycles. The van der Waals surface area contributed by atoms with Gasteiger partial charge in [0.15, 0.2) is 0 Å². The van der Waals surface area contributed by atoms with Crippen molar-refractivity contribution >= 4 is 12.2 Å². The van der Waals surface area contributed by atoms with E-state index in [1.807, 2.05) is 13.0 Å². The van der Waals surface area contributed by atoms with Crippen LogP contribution in [0.3, 0.4) is 0 Å². The lowest BCUT2D eigenvalue weighted by atomic mass is 9.93. The van der Waals surface area contributed by atoms with E-state index in [9.17, 15) is 4.79 Å². The van der Waals surface area contributed by atoms with E-state index in [1.54, 1.807) is 20.1 Å². The first-order valence-electron chi connectivity index (χ1n) is 4.00. The molecule has 0 fully saturated rings. The number of rotatable bonds is 2. The Kier molecular flexibility index (Phi) is 2.31. The molecule has 0 amide bonds. The smallest absolute Gasteiger partial charge is 0.321 e. The van der Waals surface area contributed by atoms with Gasteiger partial charge >= 0.3 is 5.97 Å². The van der Waals surface area contributed by atoms with Crippen molar-refractivity contribution in [3.05, 3.63) is 11.8 Å². The maximum atomic E-state index is 11.4. The van der Waals surface area contributed by atoms with Crippen molar-refractivity contribution < 1.29 is 9.53 Å². The number of allylic oxidation sites excluding steroid dienone is 1. The second-order valence-corrected chi connectivity index (χ2v) is 3.05. The molecule has 3 nitrogen and oxygen atoms in total. The molecule has 0 aromatic heterocycles. The first-order valence-corrected chi connectivity index (χ1v) is 4.00. The molecule has 0 saturated heterocycles. The second kappa shape index (κ2) is 3.09. The highest BCUT2D eigenvalue weighted by molar-refractivity contribution is 5.99. The Morgan fingerprint density at radius 3 is 2.83 bits per heavy atom. The van der Waals surface area contributed by atoms with Gasteiger partial charge in [-0.1, -0.05) is 0 Å². The fourth-order valence-electron chi connectivity index (χ4n) is 1.14. The van der Waals surface area contributed by atoms with Gasteiger partial charge < -0.3 is 4.74 Å². The van der Waals surface area contributed by atoms with Gasteiger partial charge in [0.05, 0.1) is 6.61 Å². The van der Waals surface area contributed by atoms with Crippen molar-refractivity contribution in [1.82, 2.24) is 0 Å². The number of hydrogen-bond donors (Lipinski definition) is 0. The van der Waals surface area contributed by atoms with E-state index in [-0.39, 0.29) is 5.97 Å². The van der Waals surface area contributed by atoms with E-state index in [0.29, 0.717) is 6.61 Å². The molecule has 1 atom stereocenters. The van der Waals surface area contributed by atoms with Crippen LogP contribution in [0.5, 0.6) is 0 Å². The maximum Gasteiger partial charge on any atom is 0.321 e. The van der Waals surface area contributed by atoms with E-state index in [1.165, 1.54) is 0 Å². The third-order valence-electron chi connectivity index (χ3n) is 1.76. The topological polar surface area (TPSA) is 38.7 Å². The number of carbonyl (C=O) groups excluding carboxylic acids is 1. The van der Waals surface area contributed by atoms with Crippen molar-refractivity contribution in [3.8, 4) is 0 Å². The van der Waals surface area contributed by atoms with Crippen molar-refractivity contribution in [3.63, 3.8) is 0 Å². The third kappa shape index (κ3) is 1.55. The molecular formula is C9H13NO2. The average molecular weight is 167 g/mol. The highest BCUT2D eigenvalue weighted by Crippen LogP contribution is 2.25. The Balaban J connectivity index is 2.75. The quantitative estimate of drug-likeness (QED) is 0.585. The maximum absolute atomic E-state index is 11.4. The first-order chi connectivity index (χ1) is 5.58. The number of ether oxygens (including phenoxy) is 1. The van der Waals surface area contributed by atoms with Crippen molar-refractivity contribution in [2.24, 2.45) is 10.4 Å². The van der Waals surface area contributed by atoms with Gasteiger partial charge in [-0.05, 0) is 26.8 Å². The van der Waals surface area contributed by atoms with E-state index in [0.717, 1.165) is 5.70 Å². The number of hydrogen-bond acceptors (Lipinski definition) is 3. The normalized spacial score (nSPS) is 27.1. The van der Waals surface area contributed by atoms with Gasteiger partial charge in [-0.3, -0.25) is 9.79 Å². The van der Waals surface area contributed by atoms with E-state index in [4.69, 9.17) is 4.74 Å². The second-order valence-electron chi connectivity index (χ2n) is 3.05.